The minimum Gasteiger partial charge on any atom is -0.219 e. The number of aromatic nitrogens is 2. The fourth-order valence-corrected chi connectivity index (χ4v) is 5.76. The van der Waals surface area contributed by atoms with Crippen LogP contribution in [0.15, 0.2) is 67.0 Å². The van der Waals surface area contributed by atoms with Crippen LogP contribution in [0.1, 0.15) is 11.1 Å². The van der Waals surface area contributed by atoms with Gasteiger partial charge in [-0.05, 0) is 43.0 Å². The molecule has 0 spiro atoms. The third-order valence-electron chi connectivity index (χ3n) is 3.49. The molecule has 2 aromatic carbocycles. The summed E-state index contributed by atoms with van der Waals surface area (Å²) in [5.74, 6) is 0.730. The third-order valence-corrected chi connectivity index (χ3v) is 8.38. The smallest absolute Gasteiger partial charge is 0.206 e. The molecule has 0 N–H and O–H groups in total. The summed E-state index contributed by atoms with van der Waals surface area (Å²) in [6.45, 7) is 1.93. The quantitative estimate of drug-likeness (QED) is 0.551. The Morgan fingerprint density at radius 3 is 2.04 bits per heavy atom. The molecule has 8 heteroatoms. The first kappa shape index (κ1) is 18.4. The van der Waals surface area contributed by atoms with Crippen molar-refractivity contribution in [1.82, 2.24) is 10.2 Å². The van der Waals surface area contributed by atoms with Gasteiger partial charge in [-0.3, -0.25) is 0 Å². The van der Waals surface area contributed by atoms with Crippen molar-refractivity contribution in [2.45, 2.75) is 31.1 Å². The van der Waals surface area contributed by atoms with Crippen molar-refractivity contribution in [1.29, 1.82) is 0 Å². The molecule has 0 radical (unpaired) electrons. The molecule has 3 rings (SSSR count). The van der Waals surface area contributed by atoms with Crippen LogP contribution in [0, 0.1) is 6.92 Å². The number of benzene rings is 2. The first-order chi connectivity index (χ1) is 12.0. The van der Waals surface area contributed by atoms with E-state index in [1.54, 1.807) is 59.1 Å². The molecule has 0 unspecified atom stereocenters. The largest absolute Gasteiger partial charge is 0.219 e. The maximum Gasteiger partial charge on any atom is 0.206 e. The Hall–Kier alpha value is -1.35. The topological polar surface area (TPSA) is 59.9 Å². The minimum absolute atomic E-state index is 0.311. The van der Waals surface area contributed by atoms with E-state index in [0.29, 0.717) is 9.79 Å². The fraction of sp³-hybridized carbons (Fsp3) is 0.176. The van der Waals surface area contributed by atoms with Crippen LogP contribution in [-0.4, -0.2) is 24.9 Å². The summed E-state index contributed by atoms with van der Waals surface area (Å²) >= 11 is 4.75. The van der Waals surface area contributed by atoms with Crippen LogP contribution in [0.5, 0.6) is 0 Å². The summed E-state index contributed by atoms with van der Waals surface area (Å²) in [6, 6.07) is 13.9. The van der Waals surface area contributed by atoms with E-state index in [1.165, 1.54) is 0 Å². The van der Waals surface area contributed by atoms with Gasteiger partial charge in [0.05, 0.1) is 9.79 Å². The molecule has 1 aromatic heterocycles. The molecule has 0 amide bonds. The molecule has 4 nitrogen and oxygen atoms in total. The number of nitrogens with zero attached hydrogens (tertiary/aromatic N) is 2. The van der Waals surface area contributed by atoms with Crippen molar-refractivity contribution in [3.63, 3.8) is 0 Å². The lowest BCUT2D eigenvalue weighted by atomic mass is 10.2. The molecule has 130 valence electrons. The van der Waals surface area contributed by atoms with E-state index in [4.69, 9.17) is 0 Å². The Bertz CT molecular complexity index is 949. The highest BCUT2D eigenvalue weighted by atomic mass is 32.2. The number of thioether (sulfide) groups is 2. The first-order valence-electron chi connectivity index (χ1n) is 7.40. The Labute approximate surface area is 160 Å². The van der Waals surface area contributed by atoms with Crippen molar-refractivity contribution in [2.24, 2.45) is 0 Å². The Kier molecular flexibility index (Phi) is 5.83. The normalized spacial score (nSPS) is 11.6. The summed E-state index contributed by atoms with van der Waals surface area (Å²) in [5.41, 5.74) is 2.08. The van der Waals surface area contributed by atoms with Gasteiger partial charge < -0.3 is 0 Å². The van der Waals surface area contributed by atoms with Gasteiger partial charge in [0.1, 0.15) is 0 Å². The van der Waals surface area contributed by atoms with E-state index in [9.17, 15) is 8.42 Å². The zero-order valence-corrected chi connectivity index (χ0v) is 16.9. The minimum atomic E-state index is -3.47. The van der Waals surface area contributed by atoms with Crippen molar-refractivity contribution < 1.29 is 8.42 Å². The lowest BCUT2D eigenvalue weighted by Crippen LogP contribution is -2.02. The van der Waals surface area contributed by atoms with Gasteiger partial charge >= 0.3 is 0 Å². The Morgan fingerprint density at radius 2 is 1.48 bits per heavy atom. The number of hydrogen-bond donors (Lipinski definition) is 0. The second-order valence-electron chi connectivity index (χ2n) is 5.29. The lowest BCUT2D eigenvalue weighted by molar-refractivity contribution is 0.596. The standard InChI is InChI=1S/C17H16N2O2S4/c1-12-3-7-14(8-4-12)25(20,21)15-9-5-13(6-10-15)11-23-17-19-18-16(22-2)24-17/h3-10H,11H2,1-2H3. The van der Waals surface area contributed by atoms with Crippen molar-refractivity contribution in [3.8, 4) is 0 Å². The van der Waals surface area contributed by atoms with Crippen molar-refractivity contribution >= 4 is 44.7 Å². The highest BCUT2D eigenvalue weighted by molar-refractivity contribution is 8.02. The molecule has 0 atom stereocenters. The van der Waals surface area contributed by atoms with Crippen LogP contribution >= 0.6 is 34.9 Å². The maximum atomic E-state index is 12.6. The summed E-state index contributed by atoms with van der Waals surface area (Å²) in [6.07, 6.45) is 1.97. The molecular formula is C17H16N2O2S4. The molecule has 0 saturated heterocycles. The number of hydrogen-bond acceptors (Lipinski definition) is 7. The molecular weight excluding hydrogens is 392 g/mol. The highest BCUT2D eigenvalue weighted by Crippen LogP contribution is 2.30. The molecule has 0 fully saturated rings. The average Bonchev–Trinajstić information content (AvgIpc) is 3.09. The van der Waals surface area contributed by atoms with Gasteiger partial charge in [-0.2, -0.15) is 0 Å². The first-order valence-corrected chi connectivity index (χ1v) is 11.9. The van der Waals surface area contributed by atoms with Gasteiger partial charge in [0, 0.05) is 5.75 Å². The molecule has 0 bridgehead atoms. The van der Waals surface area contributed by atoms with Gasteiger partial charge in [0.2, 0.25) is 9.84 Å². The summed E-state index contributed by atoms with van der Waals surface area (Å²) < 4.78 is 27.2. The zero-order chi connectivity index (χ0) is 17.9. The number of rotatable bonds is 6. The lowest BCUT2D eigenvalue weighted by Gasteiger charge is -2.06. The Balaban J connectivity index is 1.72. The van der Waals surface area contributed by atoms with E-state index in [-0.39, 0.29) is 0 Å². The van der Waals surface area contributed by atoms with Crippen LogP contribution in [0.2, 0.25) is 0 Å². The molecule has 0 aliphatic rings. The summed E-state index contributed by atoms with van der Waals surface area (Å²) in [4.78, 5) is 0.629. The summed E-state index contributed by atoms with van der Waals surface area (Å²) in [5, 5.41) is 8.18. The zero-order valence-electron chi connectivity index (χ0n) is 13.7. The molecule has 3 aromatic rings. The van der Waals surface area contributed by atoms with Crippen LogP contribution in [0.25, 0.3) is 0 Å². The van der Waals surface area contributed by atoms with E-state index in [1.807, 2.05) is 37.4 Å². The maximum absolute atomic E-state index is 12.6. The third kappa shape index (κ3) is 4.44. The van der Waals surface area contributed by atoms with Gasteiger partial charge in [-0.15, -0.1) is 10.2 Å². The molecule has 25 heavy (non-hydrogen) atoms. The molecule has 0 aliphatic carbocycles. The predicted molar refractivity (Wildman–Crippen MR) is 104 cm³/mol. The van der Waals surface area contributed by atoms with Crippen molar-refractivity contribution in [3.05, 3.63) is 59.7 Å². The van der Waals surface area contributed by atoms with Crippen LogP contribution in [0.4, 0.5) is 0 Å². The van der Waals surface area contributed by atoms with Crippen LogP contribution in [-0.2, 0) is 15.6 Å². The van der Waals surface area contributed by atoms with Crippen LogP contribution in [0.3, 0.4) is 0 Å². The van der Waals surface area contributed by atoms with Gasteiger partial charge in [0.15, 0.2) is 8.68 Å². The number of sulfone groups is 1. The van der Waals surface area contributed by atoms with E-state index >= 15 is 0 Å². The Morgan fingerprint density at radius 1 is 0.920 bits per heavy atom. The van der Waals surface area contributed by atoms with E-state index < -0.39 is 9.84 Å². The highest BCUT2D eigenvalue weighted by Gasteiger charge is 2.17. The second-order valence-corrected chi connectivity index (χ2v) is 10.5. The molecule has 0 aliphatic heterocycles. The predicted octanol–water partition coefficient (Wildman–Crippen LogP) is 4.69. The average molecular weight is 409 g/mol. The molecule has 0 saturated carbocycles. The van der Waals surface area contributed by atoms with Gasteiger partial charge in [-0.25, -0.2) is 8.42 Å². The fourth-order valence-electron chi connectivity index (χ4n) is 2.10. The van der Waals surface area contributed by atoms with Gasteiger partial charge in [0.25, 0.3) is 0 Å². The number of aryl methyl sites for hydroxylation is 1. The second kappa shape index (κ2) is 7.90. The van der Waals surface area contributed by atoms with E-state index in [2.05, 4.69) is 10.2 Å². The van der Waals surface area contributed by atoms with E-state index in [0.717, 1.165) is 25.6 Å². The van der Waals surface area contributed by atoms with Crippen LogP contribution < -0.4 is 0 Å². The van der Waals surface area contributed by atoms with Gasteiger partial charge in [-0.1, -0.05) is 64.7 Å². The monoisotopic (exact) mass is 408 g/mol. The molecule has 1 heterocycles. The summed E-state index contributed by atoms with van der Waals surface area (Å²) in [7, 11) is -3.47. The SMILES string of the molecule is CSc1nnc(SCc2ccc(S(=O)(=O)c3ccc(C)cc3)cc2)s1. The van der Waals surface area contributed by atoms with Crippen molar-refractivity contribution in [2.75, 3.05) is 6.26 Å².